The summed E-state index contributed by atoms with van der Waals surface area (Å²) in [4.78, 5) is 184. The molecule has 0 aromatic rings. The van der Waals surface area contributed by atoms with Gasteiger partial charge in [-0.3, -0.25) is 52.8 Å². The summed E-state index contributed by atoms with van der Waals surface area (Å²) in [5.74, 6) is -8.46. The number of likely N-dealkylation sites (N-methyl/N-ethyl adjacent to an activating group) is 7. The van der Waals surface area contributed by atoms with Crippen molar-refractivity contribution < 1.29 is 71.7 Å². The van der Waals surface area contributed by atoms with E-state index in [0.29, 0.717) is 6.42 Å². The van der Waals surface area contributed by atoms with E-state index in [0.717, 1.165) is 17.7 Å². The van der Waals surface area contributed by atoms with Gasteiger partial charge in [0.2, 0.25) is 59.1 Å². The fraction of sp³-hybridized carbons (Fsp3) is 0.794. The third kappa shape index (κ3) is 20.6. The number of hydrogen-bond acceptors (Lipinski definition) is 15. The first-order valence-corrected chi connectivity index (χ1v) is 33.4. The van der Waals surface area contributed by atoms with Gasteiger partial charge < -0.3 is 64.5 Å². The SMILES string of the molecule is C=CC(C)(C)[C@@H](C(=O)N[C@H](C(=O)N(C)[C@@H](CC(C)C)C(=O)N[C@@H](C)C(=O)N1C(C)C[C@@H](C(=O)N(C)C2C(=O)N(C)[C@H](C(=O)N[C@@H](CC)C(=O)OC)[C@@H]([C@H](C)CCCC)OC2C)N(C)C(=O)[C@H](CC(C)C)N(C)C(=O)[C@H]1C)C(C)C)N(C)C(=O)[C@@H](C)N(C)C(=O)OC(C)(C)C. The molecule has 3 unspecified atom stereocenters. The topological polar surface area (TPSA) is 295 Å². The number of amides is 11. The summed E-state index contributed by atoms with van der Waals surface area (Å²) in [5, 5.41) is 8.44. The Morgan fingerprint density at radius 3 is 1.80 bits per heavy atom. The van der Waals surface area contributed by atoms with Gasteiger partial charge in [0.25, 0.3) is 0 Å². The Bertz CT molecular complexity index is 2700. The number of ether oxygens (including phenoxy) is 3. The number of nitrogens with zero attached hydrogens (tertiary/aromatic N) is 8. The molecule has 0 radical (unpaired) electrons. The summed E-state index contributed by atoms with van der Waals surface area (Å²) >= 11 is 0. The van der Waals surface area contributed by atoms with Gasteiger partial charge in [-0.15, -0.1) is 6.58 Å². The molecule has 0 saturated carbocycles. The molecule has 3 N–H and O–H groups in total. The fourth-order valence-corrected chi connectivity index (χ4v) is 12.5. The van der Waals surface area contributed by atoms with E-state index >= 15 is 14.4 Å². The number of nitrogens with one attached hydrogen (secondary N) is 3. The number of carbonyl (C=O) groups is 12. The minimum absolute atomic E-state index is 0.0962. The second-order valence-corrected chi connectivity index (χ2v) is 29.0. The van der Waals surface area contributed by atoms with Gasteiger partial charge in [0.1, 0.15) is 72.1 Å². The largest absolute Gasteiger partial charge is 0.467 e. The number of rotatable bonds is 27. The molecular formula is C68H119N11O15. The van der Waals surface area contributed by atoms with Crippen molar-refractivity contribution in [2.24, 2.45) is 29.1 Å². The van der Waals surface area contributed by atoms with E-state index < -0.39 is 173 Å². The highest BCUT2D eigenvalue weighted by Crippen LogP contribution is 2.32. The predicted octanol–water partition coefficient (Wildman–Crippen LogP) is 4.84. The number of methoxy groups -OCH3 is 1. The summed E-state index contributed by atoms with van der Waals surface area (Å²) in [6.07, 6.45) is 1.29. The second-order valence-electron chi connectivity index (χ2n) is 29.0. The van der Waals surface area contributed by atoms with Crippen LogP contribution in [0, 0.1) is 29.1 Å². The third-order valence-electron chi connectivity index (χ3n) is 18.5. The van der Waals surface area contributed by atoms with Crippen LogP contribution in [0.3, 0.4) is 0 Å². The fourth-order valence-electron chi connectivity index (χ4n) is 12.5. The van der Waals surface area contributed by atoms with Crippen LogP contribution in [0.1, 0.15) is 176 Å². The standard InChI is InChI=1S/C68H119N11O15/c1-29-32-33-40(10)53-52(56(81)70-46(30-2)65(90)92-28)77(26)64(89)51(45(15)93-53)76(25)62(87)49-36-41(11)79(44(14)60(85)74(23)48(35-38(6)7)61(86)75(49)24)58(83)42(12)69-55(80)47(34-37(4)5)73(22)63(88)50(39(8)9)71-57(82)54(68(19,20)31-3)78(27)59(84)43(13)72(21)66(91)94-67(16,17)18/h31,37-54H,3,29-30,32-36H2,1-2,4-28H3,(H,69,80)(H,70,81)(H,71,82)/t40-,41?,42+,43-,44-,45?,46+,47+,48+,49+,50+,51?,52+,53-,54-/m1/s1. The molecule has 26 nitrogen and oxygen atoms in total. The van der Waals surface area contributed by atoms with Crippen molar-refractivity contribution in [3.05, 3.63) is 12.7 Å². The Labute approximate surface area is 560 Å². The highest BCUT2D eigenvalue weighted by molar-refractivity contribution is 6.00. The maximum Gasteiger partial charge on any atom is 0.410 e. The molecule has 94 heavy (non-hydrogen) atoms. The Hall–Kier alpha value is -6.86. The number of hydrogen-bond donors (Lipinski definition) is 3. The molecule has 0 aromatic carbocycles. The predicted molar refractivity (Wildman–Crippen MR) is 358 cm³/mol. The van der Waals surface area contributed by atoms with Crippen molar-refractivity contribution >= 4 is 71.1 Å². The van der Waals surface area contributed by atoms with Gasteiger partial charge in [-0.05, 0) is 111 Å². The van der Waals surface area contributed by atoms with Gasteiger partial charge in [-0.2, -0.15) is 0 Å². The van der Waals surface area contributed by atoms with E-state index in [1.165, 1.54) is 118 Å². The van der Waals surface area contributed by atoms with Crippen molar-refractivity contribution in [3.63, 3.8) is 0 Å². The first kappa shape index (κ1) is 83.2. The Morgan fingerprint density at radius 1 is 0.734 bits per heavy atom. The summed E-state index contributed by atoms with van der Waals surface area (Å²) in [7, 11) is 11.2. The van der Waals surface area contributed by atoms with Crippen molar-refractivity contribution in [3.8, 4) is 0 Å². The maximum atomic E-state index is 15.6. The summed E-state index contributed by atoms with van der Waals surface area (Å²) in [6, 6.07) is -14.6. The normalized spacial score (nSPS) is 23.2. The zero-order valence-corrected chi connectivity index (χ0v) is 61.8. The van der Waals surface area contributed by atoms with Crippen LogP contribution in [0.25, 0.3) is 0 Å². The molecule has 2 aliphatic rings. The zero-order chi connectivity index (χ0) is 72.8. The lowest BCUT2D eigenvalue weighted by Gasteiger charge is -2.45. The van der Waals surface area contributed by atoms with Crippen LogP contribution >= 0.6 is 0 Å². The van der Waals surface area contributed by atoms with Crippen LogP contribution in [0.2, 0.25) is 0 Å². The van der Waals surface area contributed by atoms with Crippen LogP contribution in [0.15, 0.2) is 12.7 Å². The average molecular weight is 1330 g/mol. The molecule has 536 valence electrons. The number of carbonyl (C=O) groups excluding carboxylic acids is 12. The van der Waals surface area contributed by atoms with Gasteiger partial charge in [0.15, 0.2) is 0 Å². The van der Waals surface area contributed by atoms with Crippen LogP contribution in [-0.4, -0.2) is 257 Å². The molecule has 2 fully saturated rings. The first-order chi connectivity index (χ1) is 43.2. The van der Waals surface area contributed by atoms with Crippen molar-refractivity contribution in [2.75, 3.05) is 56.4 Å². The summed E-state index contributed by atoms with van der Waals surface area (Å²) < 4.78 is 17.2. The highest BCUT2D eigenvalue weighted by Gasteiger charge is 2.52. The van der Waals surface area contributed by atoms with E-state index in [1.54, 1.807) is 69.2 Å². The lowest BCUT2D eigenvalue weighted by atomic mass is 9.82. The Morgan fingerprint density at radius 2 is 1.31 bits per heavy atom. The van der Waals surface area contributed by atoms with E-state index in [1.807, 2.05) is 41.5 Å². The Balaban J connectivity index is 2.74. The molecule has 26 heteroatoms. The highest BCUT2D eigenvalue weighted by atomic mass is 16.6. The molecular weight excluding hydrogens is 1210 g/mol. The molecule has 11 amide bonds. The van der Waals surface area contributed by atoms with Crippen LogP contribution in [0.4, 0.5) is 4.79 Å². The van der Waals surface area contributed by atoms with Crippen molar-refractivity contribution in [1.82, 2.24) is 55.1 Å². The quantitative estimate of drug-likeness (QED) is 0.0732. The second kappa shape index (κ2) is 35.2. The van der Waals surface area contributed by atoms with E-state index in [9.17, 15) is 43.2 Å². The van der Waals surface area contributed by atoms with E-state index in [4.69, 9.17) is 14.2 Å². The van der Waals surface area contributed by atoms with E-state index in [-0.39, 0.29) is 43.4 Å². The minimum atomic E-state index is -1.38. The molecule has 0 spiro atoms. The molecule has 2 heterocycles. The van der Waals surface area contributed by atoms with Crippen molar-refractivity contribution in [1.29, 1.82) is 0 Å². The lowest BCUT2D eigenvalue weighted by molar-refractivity contribution is -0.160. The van der Waals surface area contributed by atoms with Crippen molar-refractivity contribution in [2.45, 2.75) is 267 Å². The third-order valence-corrected chi connectivity index (χ3v) is 18.5. The van der Waals surface area contributed by atoms with Crippen LogP contribution in [-0.2, 0) is 67.0 Å². The number of esters is 1. The van der Waals surface area contributed by atoms with Crippen LogP contribution < -0.4 is 16.0 Å². The van der Waals surface area contributed by atoms with Gasteiger partial charge >= 0.3 is 12.1 Å². The lowest BCUT2D eigenvalue weighted by Crippen LogP contribution is -2.65. The molecule has 15 atom stereocenters. The van der Waals surface area contributed by atoms with E-state index in [2.05, 4.69) is 22.5 Å². The van der Waals surface area contributed by atoms with Gasteiger partial charge in [-0.25, -0.2) is 9.59 Å². The first-order valence-electron chi connectivity index (χ1n) is 33.4. The molecule has 0 aliphatic carbocycles. The van der Waals surface area contributed by atoms with Crippen LogP contribution in [0.5, 0.6) is 0 Å². The molecule has 2 rings (SSSR count). The van der Waals surface area contributed by atoms with Gasteiger partial charge in [-0.1, -0.05) is 95.1 Å². The smallest absolute Gasteiger partial charge is 0.410 e. The van der Waals surface area contributed by atoms with Gasteiger partial charge in [0, 0.05) is 60.8 Å². The number of unbranched alkanes of at least 4 members (excludes halogenated alkanes) is 1. The zero-order valence-electron chi connectivity index (χ0n) is 61.8. The molecule has 2 saturated heterocycles. The molecule has 2 aliphatic heterocycles. The summed E-state index contributed by atoms with van der Waals surface area (Å²) in [6.45, 7) is 36.7. The summed E-state index contributed by atoms with van der Waals surface area (Å²) in [5.41, 5.74) is -1.94. The van der Waals surface area contributed by atoms with Gasteiger partial charge in [0.05, 0.1) is 19.3 Å². The average Bonchev–Trinajstić information content (AvgIpc) is 1.36. The minimum Gasteiger partial charge on any atom is -0.467 e. The molecule has 0 bridgehead atoms. The monoisotopic (exact) mass is 1330 g/mol. The Kier molecular flexibility index (Phi) is 31.2. The molecule has 0 aromatic heterocycles. The maximum absolute atomic E-state index is 15.6.